The normalized spacial score (nSPS) is 10.6. The number of carbonyl (C=O) groups is 1. The van der Waals surface area contributed by atoms with Crippen molar-refractivity contribution in [3.8, 4) is 0 Å². The Bertz CT molecular complexity index is 548. The molecule has 8 nitrogen and oxygen atoms in total. The van der Waals surface area contributed by atoms with Crippen LogP contribution in [0.3, 0.4) is 0 Å². The van der Waals surface area contributed by atoms with Gasteiger partial charge in [-0.1, -0.05) is 12.1 Å². The maximum Gasteiger partial charge on any atom is 0.273 e. The van der Waals surface area contributed by atoms with Crippen LogP contribution in [0, 0.1) is 0 Å². The number of oxazole rings is 1. The third-order valence-corrected chi connectivity index (χ3v) is 2.36. The SMILES string of the molecule is CCc1ocnc1C(=O)NCc1nc(COC)no1. The van der Waals surface area contributed by atoms with Gasteiger partial charge in [-0.2, -0.15) is 4.98 Å². The highest BCUT2D eigenvalue weighted by Gasteiger charge is 2.16. The summed E-state index contributed by atoms with van der Waals surface area (Å²) >= 11 is 0. The molecule has 19 heavy (non-hydrogen) atoms. The average molecular weight is 266 g/mol. The van der Waals surface area contributed by atoms with E-state index in [0.717, 1.165) is 0 Å². The first-order valence-corrected chi connectivity index (χ1v) is 5.75. The van der Waals surface area contributed by atoms with Gasteiger partial charge in [-0.05, 0) is 0 Å². The Morgan fingerprint density at radius 3 is 3.11 bits per heavy atom. The Labute approximate surface area is 109 Å². The van der Waals surface area contributed by atoms with E-state index in [1.165, 1.54) is 13.5 Å². The van der Waals surface area contributed by atoms with Gasteiger partial charge in [0.25, 0.3) is 5.91 Å². The summed E-state index contributed by atoms with van der Waals surface area (Å²) in [4.78, 5) is 19.7. The molecule has 1 amide bonds. The van der Waals surface area contributed by atoms with Crippen molar-refractivity contribution in [2.45, 2.75) is 26.5 Å². The van der Waals surface area contributed by atoms with Gasteiger partial charge in [0.1, 0.15) is 12.4 Å². The monoisotopic (exact) mass is 266 g/mol. The molecule has 8 heteroatoms. The van der Waals surface area contributed by atoms with Gasteiger partial charge in [0.15, 0.2) is 17.9 Å². The van der Waals surface area contributed by atoms with Gasteiger partial charge in [-0.15, -0.1) is 0 Å². The van der Waals surface area contributed by atoms with Crippen molar-refractivity contribution >= 4 is 5.91 Å². The van der Waals surface area contributed by atoms with Crippen LogP contribution >= 0.6 is 0 Å². The number of rotatable bonds is 6. The molecule has 2 aromatic heterocycles. The number of ether oxygens (including phenoxy) is 1. The van der Waals surface area contributed by atoms with E-state index in [1.807, 2.05) is 6.92 Å². The fourth-order valence-corrected chi connectivity index (χ4v) is 1.50. The van der Waals surface area contributed by atoms with Crippen LogP contribution in [0.1, 0.15) is 34.9 Å². The number of aromatic nitrogens is 3. The number of hydrogen-bond acceptors (Lipinski definition) is 7. The molecular weight excluding hydrogens is 252 g/mol. The van der Waals surface area contributed by atoms with Gasteiger partial charge >= 0.3 is 0 Å². The van der Waals surface area contributed by atoms with E-state index in [4.69, 9.17) is 13.7 Å². The molecule has 0 saturated heterocycles. The maximum absolute atomic E-state index is 11.8. The minimum atomic E-state index is -0.336. The van der Waals surface area contributed by atoms with Gasteiger partial charge in [-0.3, -0.25) is 4.79 Å². The second-order valence-corrected chi connectivity index (χ2v) is 3.70. The van der Waals surface area contributed by atoms with Crippen LogP contribution < -0.4 is 5.32 Å². The van der Waals surface area contributed by atoms with Crippen molar-refractivity contribution in [1.82, 2.24) is 20.4 Å². The molecule has 0 saturated carbocycles. The Morgan fingerprint density at radius 2 is 2.37 bits per heavy atom. The lowest BCUT2D eigenvalue weighted by atomic mass is 10.3. The summed E-state index contributed by atoms with van der Waals surface area (Å²) in [5, 5.41) is 6.32. The second-order valence-electron chi connectivity index (χ2n) is 3.70. The van der Waals surface area contributed by atoms with E-state index in [1.54, 1.807) is 0 Å². The zero-order valence-corrected chi connectivity index (χ0v) is 10.7. The van der Waals surface area contributed by atoms with Crippen LogP contribution in [0.5, 0.6) is 0 Å². The van der Waals surface area contributed by atoms with E-state index >= 15 is 0 Å². The molecule has 2 aromatic rings. The van der Waals surface area contributed by atoms with Gasteiger partial charge in [0, 0.05) is 13.5 Å². The molecule has 102 valence electrons. The zero-order valence-electron chi connectivity index (χ0n) is 10.7. The van der Waals surface area contributed by atoms with Crippen LogP contribution in [0.4, 0.5) is 0 Å². The molecule has 0 spiro atoms. The molecule has 0 aromatic carbocycles. The molecule has 0 radical (unpaired) electrons. The highest BCUT2D eigenvalue weighted by Crippen LogP contribution is 2.07. The Balaban J connectivity index is 1.92. The van der Waals surface area contributed by atoms with Crippen LogP contribution in [0.15, 0.2) is 15.3 Å². The van der Waals surface area contributed by atoms with E-state index < -0.39 is 0 Å². The molecule has 0 bridgehead atoms. The molecule has 0 unspecified atom stereocenters. The number of carbonyl (C=O) groups excluding carboxylic acids is 1. The summed E-state index contributed by atoms with van der Waals surface area (Å²) in [5.41, 5.74) is 0.277. The smallest absolute Gasteiger partial charge is 0.273 e. The summed E-state index contributed by atoms with van der Waals surface area (Å²) in [6.07, 6.45) is 1.85. The largest absolute Gasteiger partial charge is 0.448 e. The van der Waals surface area contributed by atoms with Gasteiger partial charge in [-0.25, -0.2) is 4.98 Å². The van der Waals surface area contributed by atoms with Crippen LogP contribution in [0.25, 0.3) is 0 Å². The number of amides is 1. The fraction of sp³-hybridized carbons (Fsp3) is 0.455. The highest BCUT2D eigenvalue weighted by molar-refractivity contribution is 5.93. The van der Waals surface area contributed by atoms with Crippen molar-refractivity contribution in [3.63, 3.8) is 0 Å². The predicted molar refractivity (Wildman–Crippen MR) is 62.1 cm³/mol. The first kappa shape index (κ1) is 13.2. The van der Waals surface area contributed by atoms with Gasteiger partial charge < -0.3 is 19.0 Å². The molecular formula is C11H14N4O4. The second kappa shape index (κ2) is 6.10. The Hall–Kier alpha value is -2.22. The summed E-state index contributed by atoms with van der Waals surface area (Å²) < 4.78 is 14.9. The third kappa shape index (κ3) is 3.16. The number of hydrogen-bond donors (Lipinski definition) is 1. The summed E-state index contributed by atoms with van der Waals surface area (Å²) in [6, 6.07) is 0. The molecule has 2 rings (SSSR count). The summed E-state index contributed by atoms with van der Waals surface area (Å²) in [6.45, 7) is 2.28. The van der Waals surface area contributed by atoms with Crippen LogP contribution in [-0.4, -0.2) is 28.1 Å². The van der Waals surface area contributed by atoms with Crippen molar-refractivity contribution in [2.75, 3.05) is 7.11 Å². The average Bonchev–Trinajstić information content (AvgIpc) is 3.05. The fourth-order valence-electron chi connectivity index (χ4n) is 1.50. The van der Waals surface area contributed by atoms with Gasteiger partial charge in [0.05, 0.1) is 6.54 Å². The number of nitrogens with one attached hydrogen (secondary N) is 1. The zero-order chi connectivity index (χ0) is 13.7. The Kier molecular flexibility index (Phi) is 4.24. The summed E-state index contributed by atoms with van der Waals surface area (Å²) in [5.74, 6) is 0.949. The molecule has 0 atom stereocenters. The lowest BCUT2D eigenvalue weighted by Crippen LogP contribution is -2.24. The summed E-state index contributed by atoms with van der Waals surface area (Å²) in [7, 11) is 1.54. The van der Waals surface area contributed by atoms with Crippen molar-refractivity contribution in [3.05, 3.63) is 29.6 Å². The minimum Gasteiger partial charge on any atom is -0.448 e. The molecule has 0 aliphatic heterocycles. The molecule has 0 fully saturated rings. The lowest BCUT2D eigenvalue weighted by molar-refractivity contribution is 0.0940. The van der Waals surface area contributed by atoms with Crippen molar-refractivity contribution < 1.29 is 18.5 Å². The first-order valence-electron chi connectivity index (χ1n) is 5.75. The molecule has 0 aliphatic carbocycles. The lowest BCUT2D eigenvalue weighted by Gasteiger charge is -1.99. The van der Waals surface area contributed by atoms with Crippen LogP contribution in [0.2, 0.25) is 0 Å². The minimum absolute atomic E-state index is 0.131. The topological polar surface area (TPSA) is 103 Å². The maximum atomic E-state index is 11.8. The first-order chi connectivity index (χ1) is 9.24. The van der Waals surface area contributed by atoms with E-state index in [2.05, 4.69) is 20.4 Å². The Morgan fingerprint density at radius 1 is 1.53 bits per heavy atom. The highest BCUT2D eigenvalue weighted by atomic mass is 16.5. The molecule has 1 N–H and O–H groups in total. The van der Waals surface area contributed by atoms with Crippen molar-refractivity contribution in [2.24, 2.45) is 0 Å². The quantitative estimate of drug-likeness (QED) is 0.820. The van der Waals surface area contributed by atoms with E-state index in [-0.39, 0.29) is 24.8 Å². The van der Waals surface area contributed by atoms with Crippen LogP contribution in [-0.2, 0) is 24.3 Å². The number of methoxy groups -OCH3 is 1. The number of nitrogens with zero attached hydrogens (tertiary/aromatic N) is 3. The predicted octanol–water partition coefficient (Wildman–Crippen LogP) is 0.696. The van der Waals surface area contributed by atoms with E-state index in [9.17, 15) is 4.79 Å². The third-order valence-electron chi connectivity index (χ3n) is 2.36. The van der Waals surface area contributed by atoms with Gasteiger partial charge in [0.2, 0.25) is 5.89 Å². The van der Waals surface area contributed by atoms with Crippen molar-refractivity contribution in [1.29, 1.82) is 0 Å². The standard InChI is InChI=1S/C11H14N4O4/c1-3-7-10(13-6-18-7)11(16)12-4-9-14-8(5-17-2)15-19-9/h6H,3-5H2,1-2H3,(H,12,16). The molecule has 2 heterocycles. The van der Waals surface area contributed by atoms with E-state index in [0.29, 0.717) is 23.9 Å². The number of aryl methyl sites for hydroxylation is 1. The molecule has 0 aliphatic rings.